The quantitative estimate of drug-likeness (QED) is 0.794. The number of hydrogen-bond donors (Lipinski definition) is 0. The van der Waals surface area contributed by atoms with Crippen LogP contribution in [0.1, 0.15) is 31.7 Å². The van der Waals surface area contributed by atoms with Crippen LogP contribution in [0.15, 0.2) is 30.9 Å². The number of piperidine rings is 1. The minimum Gasteiger partial charge on any atom is -0.454 e. The molecule has 2 aromatic rings. The Morgan fingerprint density at radius 3 is 2.96 bits per heavy atom. The number of fused-ring (bicyclic) bond motifs is 1. The molecule has 1 amide bonds. The summed E-state index contributed by atoms with van der Waals surface area (Å²) in [6.07, 6.45) is 6.59. The van der Waals surface area contributed by atoms with Crippen molar-refractivity contribution in [3.05, 3.63) is 36.4 Å². The molecule has 3 heterocycles. The van der Waals surface area contributed by atoms with Crippen LogP contribution in [0.4, 0.5) is 0 Å². The third-order valence-electron chi connectivity index (χ3n) is 5.22. The fourth-order valence-electron chi connectivity index (χ4n) is 3.86. The van der Waals surface area contributed by atoms with E-state index in [4.69, 9.17) is 9.47 Å². The average molecular weight is 356 g/mol. The molecule has 0 bridgehead atoms. The number of carbonyl (C=O) groups is 1. The lowest BCUT2D eigenvalue weighted by Crippen LogP contribution is -2.46. The van der Waals surface area contributed by atoms with Crippen molar-refractivity contribution in [2.45, 2.75) is 39.2 Å². The van der Waals surface area contributed by atoms with Crippen LogP contribution >= 0.6 is 0 Å². The van der Waals surface area contributed by atoms with E-state index in [-0.39, 0.29) is 11.3 Å². The van der Waals surface area contributed by atoms with Gasteiger partial charge in [-0.1, -0.05) is 13.0 Å². The standard InChI is InChI=1S/C19H24N4O3/c1-19(10-15-3-4-16-17(9-15)26-14-25-16)6-5-18(24)22(11-19)7-2-8-23-13-20-12-21-23/h3-4,9,12-13H,2,5-8,10-11,14H2,1H3. The molecular weight excluding hydrogens is 332 g/mol. The molecule has 0 saturated carbocycles. The second-order valence-corrected chi connectivity index (χ2v) is 7.50. The summed E-state index contributed by atoms with van der Waals surface area (Å²) in [7, 11) is 0. The summed E-state index contributed by atoms with van der Waals surface area (Å²) in [5.41, 5.74) is 1.31. The predicted molar refractivity (Wildman–Crippen MR) is 94.8 cm³/mol. The van der Waals surface area contributed by atoms with Crippen molar-refractivity contribution >= 4 is 5.91 Å². The summed E-state index contributed by atoms with van der Waals surface area (Å²) in [6.45, 7) is 4.90. The molecule has 1 atom stereocenters. The molecule has 7 nitrogen and oxygen atoms in total. The fraction of sp³-hybridized carbons (Fsp3) is 0.526. The van der Waals surface area contributed by atoms with E-state index in [1.54, 1.807) is 11.0 Å². The Labute approximate surface area is 152 Å². The number of nitrogens with zero attached hydrogens (tertiary/aromatic N) is 4. The van der Waals surface area contributed by atoms with Crippen LogP contribution in [-0.4, -0.2) is 45.5 Å². The van der Waals surface area contributed by atoms with E-state index in [1.165, 1.54) is 11.9 Å². The number of rotatable bonds is 6. The molecule has 7 heteroatoms. The summed E-state index contributed by atoms with van der Waals surface area (Å²) in [4.78, 5) is 18.3. The molecule has 0 radical (unpaired) electrons. The summed E-state index contributed by atoms with van der Waals surface area (Å²) in [5.74, 6) is 1.89. The molecule has 1 fully saturated rings. The minimum absolute atomic E-state index is 0.0782. The second-order valence-electron chi connectivity index (χ2n) is 7.50. The van der Waals surface area contributed by atoms with Gasteiger partial charge in [0.2, 0.25) is 12.7 Å². The highest BCUT2D eigenvalue weighted by atomic mass is 16.7. The van der Waals surface area contributed by atoms with Crippen LogP contribution in [0, 0.1) is 5.41 Å². The van der Waals surface area contributed by atoms with Crippen molar-refractivity contribution in [2.75, 3.05) is 19.9 Å². The molecule has 138 valence electrons. The Balaban J connectivity index is 1.37. The molecule has 1 aromatic heterocycles. The van der Waals surface area contributed by atoms with Crippen LogP contribution in [0.2, 0.25) is 0 Å². The van der Waals surface area contributed by atoms with Gasteiger partial charge in [-0.05, 0) is 42.4 Å². The molecule has 1 aromatic carbocycles. The maximum atomic E-state index is 12.3. The maximum Gasteiger partial charge on any atom is 0.231 e. The third kappa shape index (κ3) is 3.66. The Bertz CT molecular complexity index is 777. The Hall–Kier alpha value is -2.57. The first-order valence-electron chi connectivity index (χ1n) is 9.10. The van der Waals surface area contributed by atoms with Gasteiger partial charge in [0.25, 0.3) is 0 Å². The molecule has 1 saturated heterocycles. The first-order chi connectivity index (χ1) is 12.6. The van der Waals surface area contributed by atoms with E-state index >= 15 is 0 Å². The summed E-state index contributed by atoms with van der Waals surface area (Å²) in [6, 6.07) is 6.15. The normalized spacial score (nSPS) is 22.0. The van der Waals surface area contributed by atoms with E-state index in [1.807, 2.05) is 11.0 Å². The van der Waals surface area contributed by atoms with Gasteiger partial charge in [-0.25, -0.2) is 4.98 Å². The summed E-state index contributed by atoms with van der Waals surface area (Å²) < 4.78 is 12.7. The van der Waals surface area contributed by atoms with Crippen LogP contribution in [0.25, 0.3) is 0 Å². The molecule has 2 aliphatic rings. The third-order valence-corrected chi connectivity index (χ3v) is 5.22. The lowest BCUT2D eigenvalue weighted by atomic mass is 9.76. The van der Waals surface area contributed by atoms with Crippen molar-refractivity contribution in [1.29, 1.82) is 0 Å². The zero-order valence-electron chi connectivity index (χ0n) is 15.1. The average Bonchev–Trinajstić information content (AvgIpc) is 3.29. The van der Waals surface area contributed by atoms with Crippen molar-refractivity contribution in [3.8, 4) is 11.5 Å². The van der Waals surface area contributed by atoms with Crippen LogP contribution in [-0.2, 0) is 17.8 Å². The van der Waals surface area contributed by atoms with Gasteiger partial charge < -0.3 is 14.4 Å². The number of hydrogen-bond acceptors (Lipinski definition) is 5. The SMILES string of the molecule is CC1(Cc2ccc3c(c2)OCO3)CCC(=O)N(CCCn2cncn2)C1. The number of benzene rings is 1. The van der Waals surface area contributed by atoms with Gasteiger partial charge in [-0.15, -0.1) is 0 Å². The molecule has 1 unspecified atom stereocenters. The molecular formula is C19H24N4O3. The van der Waals surface area contributed by atoms with Crippen molar-refractivity contribution in [2.24, 2.45) is 5.41 Å². The Kier molecular flexibility index (Phi) is 4.53. The lowest BCUT2D eigenvalue weighted by molar-refractivity contribution is -0.137. The molecule has 0 aliphatic carbocycles. The van der Waals surface area contributed by atoms with E-state index in [0.717, 1.165) is 50.4 Å². The predicted octanol–water partition coefficient (Wildman–Crippen LogP) is 2.27. The number of amides is 1. The van der Waals surface area contributed by atoms with E-state index < -0.39 is 0 Å². The molecule has 4 rings (SSSR count). The number of aromatic nitrogens is 3. The highest BCUT2D eigenvalue weighted by molar-refractivity contribution is 5.77. The lowest BCUT2D eigenvalue weighted by Gasteiger charge is -2.40. The number of carbonyl (C=O) groups excluding carboxylic acids is 1. The maximum absolute atomic E-state index is 12.3. The van der Waals surface area contributed by atoms with Crippen molar-refractivity contribution in [3.63, 3.8) is 0 Å². The van der Waals surface area contributed by atoms with Gasteiger partial charge in [0, 0.05) is 26.1 Å². The van der Waals surface area contributed by atoms with E-state index in [2.05, 4.69) is 29.1 Å². The van der Waals surface area contributed by atoms with Gasteiger partial charge in [0.15, 0.2) is 11.5 Å². The number of likely N-dealkylation sites (tertiary alicyclic amines) is 1. The van der Waals surface area contributed by atoms with Crippen molar-refractivity contribution in [1.82, 2.24) is 19.7 Å². The highest BCUT2D eigenvalue weighted by Gasteiger charge is 2.35. The molecule has 26 heavy (non-hydrogen) atoms. The highest BCUT2D eigenvalue weighted by Crippen LogP contribution is 2.37. The Morgan fingerprint density at radius 2 is 2.12 bits per heavy atom. The largest absolute Gasteiger partial charge is 0.454 e. The molecule has 2 aliphatic heterocycles. The molecule has 0 N–H and O–H groups in total. The monoisotopic (exact) mass is 356 g/mol. The second kappa shape index (κ2) is 6.97. The van der Waals surface area contributed by atoms with Gasteiger partial charge in [-0.3, -0.25) is 9.48 Å². The van der Waals surface area contributed by atoms with Crippen LogP contribution < -0.4 is 9.47 Å². The van der Waals surface area contributed by atoms with E-state index in [9.17, 15) is 4.79 Å². The van der Waals surface area contributed by atoms with E-state index in [0.29, 0.717) is 13.2 Å². The van der Waals surface area contributed by atoms with Gasteiger partial charge in [0.1, 0.15) is 12.7 Å². The van der Waals surface area contributed by atoms with Gasteiger partial charge >= 0.3 is 0 Å². The first-order valence-corrected chi connectivity index (χ1v) is 9.10. The summed E-state index contributed by atoms with van der Waals surface area (Å²) in [5, 5.41) is 4.11. The zero-order chi connectivity index (χ0) is 18.0. The smallest absolute Gasteiger partial charge is 0.231 e. The minimum atomic E-state index is 0.0782. The molecule has 0 spiro atoms. The van der Waals surface area contributed by atoms with Crippen molar-refractivity contribution < 1.29 is 14.3 Å². The number of aryl methyl sites for hydroxylation is 1. The van der Waals surface area contributed by atoms with Gasteiger partial charge in [0.05, 0.1) is 0 Å². The fourth-order valence-corrected chi connectivity index (χ4v) is 3.86. The Morgan fingerprint density at radius 1 is 1.23 bits per heavy atom. The van der Waals surface area contributed by atoms with Crippen LogP contribution in [0.5, 0.6) is 11.5 Å². The summed E-state index contributed by atoms with van der Waals surface area (Å²) >= 11 is 0. The topological polar surface area (TPSA) is 69.5 Å². The van der Waals surface area contributed by atoms with Gasteiger partial charge in [-0.2, -0.15) is 5.10 Å². The zero-order valence-corrected chi connectivity index (χ0v) is 15.1. The first kappa shape index (κ1) is 16.9. The van der Waals surface area contributed by atoms with Crippen LogP contribution in [0.3, 0.4) is 0 Å². The number of ether oxygens (including phenoxy) is 2.